The molecule has 2 rings (SSSR count). The lowest BCUT2D eigenvalue weighted by Crippen LogP contribution is -2.52. The van der Waals surface area contributed by atoms with Gasteiger partial charge in [-0.25, -0.2) is 8.42 Å². The van der Waals surface area contributed by atoms with Gasteiger partial charge in [0.15, 0.2) is 9.84 Å². The summed E-state index contributed by atoms with van der Waals surface area (Å²) in [6.45, 7) is 0.0367. The van der Waals surface area contributed by atoms with Gasteiger partial charge in [-0.3, -0.25) is 4.79 Å². The van der Waals surface area contributed by atoms with E-state index >= 15 is 0 Å². The van der Waals surface area contributed by atoms with E-state index in [2.05, 4.69) is 0 Å². The van der Waals surface area contributed by atoms with E-state index in [0.717, 1.165) is 19.3 Å². The summed E-state index contributed by atoms with van der Waals surface area (Å²) in [5.74, 6) is 0.00934. The lowest BCUT2D eigenvalue weighted by atomic mass is 9.75. The highest BCUT2D eigenvalue weighted by molar-refractivity contribution is 7.91. The van der Waals surface area contributed by atoms with Crippen molar-refractivity contribution in [2.75, 3.05) is 24.7 Å². The maximum absolute atomic E-state index is 12.3. The molecule has 1 heterocycles. The van der Waals surface area contributed by atoms with Gasteiger partial charge >= 0.3 is 0 Å². The molecule has 1 amide bonds. The molecule has 1 saturated carbocycles. The third-order valence-electron chi connectivity index (χ3n) is 4.16. The number of carbonyl (C=O) groups is 1. The summed E-state index contributed by atoms with van der Waals surface area (Å²) in [5, 5.41) is 9.07. The molecule has 0 spiro atoms. The average molecular weight is 290 g/mol. The van der Waals surface area contributed by atoms with Gasteiger partial charge < -0.3 is 15.7 Å². The molecule has 1 aliphatic carbocycles. The van der Waals surface area contributed by atoms with Crippen LogP contribution in [0.4, 0.5) is 0 Å². The van der Waals surface area contributed by atoms with Crippen LogP contribution in [0.15, 0.2) is 0 Å². The molecular formula is C12H22N2O4S. The predicted molar refractivity (Wildman–Crippen MR) is 71.2 cm³/mol. The van der Waals surface area contributed by atoms with Crippen molar-refractivity contribution in [3.8, 4) is 0 Å². The molecule has 3 N–H and O–H groups in total. The van der Waals surface area contributed by atoms with Gasteiger partial charge in [-0.1, -0.05) is 0 Å². The van der Waals surface area contributed by atoms with Crippen molar-refractivity contribution in [2.24, 2.45) is 5.73 Å². The van der Waals surface area contributed by atoms with E-state index in [1.165, 1.54) is 4.90 Å². The Morgan fingerprint density at radius 1 is 1.42 bits per heavy atom. The van der Waals surface area contributed by atoms with Crippen LogP contribution in [-0.2, 0) is 14.6 Å². The van der Waals surface area contributed by atoms with Gasteiger partial charge in [-0.2, -0.15) is 0 Å². The highest BCUT2D eigenvalue weighted by atomic mass is 32.2. The number of nitrogens with two attached hydrogens (primary N) is 1. The predicted octanol–water partition coefficient (Wildman–Crippen LogP) is -0.734. The number of carbonyl (C=O) groups excluding carboxylic acids is 1. The van der Waals surface area contributed by atoms with Gasteiger partial charge in [0.05, 0.1) is 18.1 Å². The number of hydrogen-bond acceptors (Lipinski definition) is 5. The third kappa shape index (κ3) is 3.46. The van der Waals surface area contributed by atoms with Gasteiger partial charge in [0.2, 0.25) is 5.91 Å². The molecule has 7 heteroatoms. The summed E-state index contributed by atoms with van der Waals surface area (Å²) in [5.41, 5.74) is 5.65. The molecule has 0 aromatic carbocycles. The maximum atomic E-state index is 12.3. The van der Waals surface area contributed by atoms with Crippen LogP contribution in [0.2, 0.25) is 0 Å². The summed E-state index contributed by atoms with van der Waals surface area (Å²) in [4.78, 5) is 13.8. The molecule has 0 aromatic rings. The number of amides is 1. The van der Waals surface area contributed by atoms with E-state index in [1.807, 2.05) is 0 Å². The second-order valence-electron chi connectivity index (χ2n) is 5.76. The standard InChI is InChI=1S/C12H22N2O4S/c13-12(3-1-4-12)8-11(16)14(5-6-15)10-2-7-19(17,18)9-10/h10,15H,1-9,13H2. The fourth-order valence-electron chi connectivity index (χ4n) is 2.85. The number of nitrogens with zero attached hydrogens (tertiary/aromatic N) is 1. The summed E-state index contributed by atoms with van der Waals surface area (Å²) >= 11 is 0. The Bertz CT molecular complexity index is 445. The summed E-state index contributed by atoms with van der Waals surface area (Å²) < 4.78 is 23.0. The number of aliphatic hydroxyl groups excluding tert-OH is 1. The number of rotatable bonds is 5. The molecule has 2 aliphatic rings. The van der Waals surface area contributed by atoms with Crippen LogP contribution in [0.25, 0.3) is 0 Å². The zero-order valence-electron chi connectivity index (χ0n) is 11.0. The van der Waals surface area contributed by atoms with Crippen molar-refractivity contribution in [3.05, 3.63) is 0 Å². The Hall–Kier alpha value is -0.660. The maximum Gasteiger partial charge on any atom is 0.224 e. The highest BCUT2D eigenvalue weighted by Gasteiger charge is 2.39. The zero-order valence-corrected chi connectivity index (χ0v) is 11.9. The minimum atomic E-state index is -3.03. The Balaban J connectivity index is 2.01. The quantitative estimate of drug-likeness (QED) is 0.695. The number of aliphatic hydroxyl groups is 1. The molecule has 0 aromatic heterocycles. The first kappa shape index (κ1) is 14.7. The van der Waals surface area contributed by atoms with Crippen LogP contribution in [-0.4, -0.2) is 60.6 Å². The van der Waals surface area contributed by atoms with Crippen LogP contribution >= 0.6 is 0 Å². The van der Waals surface area contributed by atoms with Crippen LogP contribution in [0.3, 0.4) is 0 Å². The van der Waals surface area contributed by atoms with E-state index in [4.69, 9.17) is 10.8 Å². The van der Waals surface area contributed by atoms with Gasteiger partial charge in [0, 0.05) is 24.5 Å². The molecule has 19 heavy (non-hydrogen) atoms. The van der Waals surface area contributed by atoms with Crippen molar-refractivity contribution in [3.63, 3.8) is 0 Å². The van der Waals surface area contributed by atoms with E-state index in [-0.39, 0.29) is 43.0 Å². The largest absolute Gasteiger partial charge is 0.395 e. The van der Waals surface area contributed by atoms with Crippen molar-refractivity contribution in [1.82, 2.24) is 4.90 Å². The summed E-state index contributed by atoms with van der Waals surface area (Å²) in [6, 6.07) is -0.298. The van der Waals surface area contributed by atoms with Gasteiger partial charge in [0.1, 0.15) is 0 Å². The normalized spacial score (nSPS) is 27.8. The molecule has 1 saturated heterocycles. The monoisotopic (exact) mass is 290 g/mol. The molecule has 1 atom stereocenters. The van der Waals surface area contributed by atoms with Gasteiger partial charge in [-0.15, -0.1) is 0 Å². The lowest BCUT2D eigenvalue weighted by molar-refractivity contribution is -0.135. The third-order valence-corrected chi connectivity index (χ3v) is 5.91. The first-order valence-electron chi connectivity index (χ1n) is 6.75. The highest BCUT2D eigenvalue weighted by Crippen LogP contribution is 2.33. The smallest absolute Gasteiger partial charge is 0.224 e. The van der Waals surface area contributed by atoms with Crippen LogP contribution in [0.5, 0.6) is 0 Å². The number of sulfone groups is 1. The molecule has 6 nitrogen and oxygen atoms in total. The fraction of sp³-hybridized carbons (Fsp3) is 0.917. The van der Waals surface area contributed by atoms with Gasteiger partial charge in [0.25, 0.3) is 0 Å². The molecule has 1 aliphatic heterocycles. The lowest BCUT2D eigenvalue weighted by Gasteiger charge is -2.39. The van der Waals surface area contributed by atoms with Crippen molar-refractivity contribution in [1.29, 1.82) is 0 Å². The minimum Gasteiger partial charge on any atom is -0.395 e. The molecule has 0 bridgehead atoms. The Labute approximate surface area is 113 Å². The molecular weight excluding hydrogens is 268 g/mol. The van der Waals surface area contributed by atoms with Gasteiger partial charge in [-0.05, 0) is 25.7 Å². The molecule has 2 fully saturated rings. The zero-order chi connectivity index (χ0) is 14.1. The number of hydrogen-bond donors (Lipinski definition) is 2. The second kappa shape index (κ2) is 5.38. The van der Waals surface area contributed by atoms with E-state index in [1.54, 1.807) is 0 Å². The van der Waals surface area contributed by atoms with Crippen LogP contribution in [0, 0.1) is 0 Å². The van der Waals surface area contributed by atoms with Crippen LogP contribution in [0.1, 0.15) is 32.1 Å². The Morgan fingerprint density at radius 2 is 2.11 bits per heavy atom. The van der Waals surface area contributed by atoms with E-state index in [0.29, 0.717) is 6.42 Å². The van der Waals surface area contributed by atoms with E-state index in [9.17, 15) is 13.2 Å². The SMILES string of the molecule is NC1(CC(=O)N(CCO)C2CCS(=O)(=O)C2)CCC1. The van der Waals surface area contributed by atoms with Crippen molar-refractivity contribution in [2.45, 2.75) is 43.7 Å². The average Bonchev–Trinajstić information content (AvgIpc) is 2.64. The first-order chi connectivity index (χ1) is 8.85. The fourth-order valence-corrected chi connectivity index (χ4v) is 4.58. The Morgan fingerprint density at radius 3 is 2.53 bits per heavy atom. The minimum absolute atomic E-state index is 0.0102. The summed E-state index contributed by atoms with van der Waals surface area (Å²) in [7, 11) is -3.03. The molecule has 1 unspecified atom stereocenters. The van der Waals surface area contributed by atoms with Crippen molar-refractivity contribution < 1.29 is 18.3 Å². The van der Waals surface area contributed by atoms with E-state index < -0.39 is 15.4 Å². The first-order valence-corrected chi connectivity index (χ1v) is 8.57. The van der Waals surface area contributed by atoms with Crippen LogP contribution < -0.4 is 5.73 Å². The molecule has 0 radical (unpaired) electrons. The summed E-state index contributed by atoms with van der Waals surface area (Å²) in [6.07, 6.45) is 3.44. The topological polar surface area (TPSA) is 101 Å². The second-order valence-corrected chi connectivity index (χ2v) is 7.99. The Kier molecular flexibility index (Phi) is 4.17. The molecule has 110 valence electrons. The van der Waals surface area contributed by atoms with Crippen molar-refractivity contribution >= 4 is 15.7 Å².